The average Bonchev–Trinajstić information content (AvgIpc) is 2.85. The van der Waals surface area contributed by atoms with Gasteiger partial charge in [0.2, 0.25) is 0 Å². The predicted molar refractivity (Wildman–Crippen MR) is 107 cm³/mol. The lowest BCUT2D eigenvalue weighted by Gasteiger charge is -2.13. The smallest absolute Gasteiger partial charge is 0.307 e. The molecule has 0 N–H and O–H groups in total. The zero-order valence-corrected chi connectivity index (χ0v) is 16.3. The molecule has 1 heterocycles. The van der Waals surface area contributed by atoms with Gasteiger partial charge in [-0.25, -0.2) is 0 Å². The second kappa shape index (κ2) is 9.01. The van der Waals surface area contributed by atoms with Gasteiger partial charge in [0.05, 0.1) is 17.9 Å². The third-order valence-corrected chi connectivity index (χ3v) is 4.97. The molecule has 0 unspecified atom stereocenters. The van der Waals surface area contributed by atoms with Crippen molar-refractivity contribution in [2.75, 3.05) is 32.1 Å². The Hall–Kier alpha value is -1.86. The highest BCUT2D eigenvalue weighted by Gasteiger charge is 2.32. The molecule has 25 heavy (non-hydrogen) atoms. The van der Waals surface area contributed by atoms with Gasteiger partial charge in [-0.15, -0.1) is 0 Å². The van der Waals surface area contributed by atoms with E-state index in [1.165, 1.54) is 16.7 Å². The molecule has 1 saturated heterocycles. The Labute approximate surface area is 158 Å². The number of hydrogen-bond donors (Lipinski definition) is 0. The third kappa shape index (κ3) is 5.31. The summed E-state index contributed by atoms with van der Waals surface area (Å²) in [6.07, 6.45) is 2.76. The number of carbonyl (C=O) groups excluding carboxylic acids is 2. The summed E-state index contributed by atoms with van der Waals surface area (Å²) in [7, 11) is 3.96. The first kappa shape index (κ1) is 19.5. The van der Waals surface area contributed by atoms with E-state index in [1.54, 1.807) is 0 Å². The summed E-state index contributed by atoms with van der Waals surface area (Å²) in [6.45, 7) is 2.59. The minimum absolute atomic E-state index is 0.150. The molecule has 0 aliphatic carbocycles. The molecular formula is C18H22N2O3S2. The molecule has 1 amide bonds. The minimum Gasteiger partial charge on any atom is -0.466 e. The van der Waals surface area contributed by atoms with Crippen molar-refractivity contribution in [2.45, 2.75) is 19.8 Å². The molecule has 1 aromatic carbocycles. The van der Waals surface area contributed by atoms with Crippen molar-refractivity contribution in [1.82, 2.24) is 4.90 Å². The average molecular weight is 379 g/mol. The van der Waals surface area contributed by atoms with Crippen LogP contribution < -0.4 is 4.90 Å². The maximum absolute atomic E-state index is 12.5. The number of thiocarbonyl (C=S) groups is 1. The maximum atomic E-state index is 12.5. The van der Waals surface area contributed by atoms with E-state index in [0.29, 0.717) is 15.8 Å². The monoisotopic (exact) mass is 378 g/mol. The molecule has 1 aliphatic heterocycles. The van der Waals surface area contributed by atoms with Gasteiger partial charge >= 0.3 is 5.97 Å². The molecule has 0 atom stereocenters. The van der Waals surface area contributed by atoms with E-state index < -0.39 is 0 Å². The predicted octanol–water partition coefficient (Wildman–Crippen LogP) is 3.30. The molecule has 1 aliphatic rings. The first-order chi connectivity index (χ1) is 11.9. The molecule has 0 radical (unpaired) electrons. The van der Waals surface area contributed by atoms with E-state index in [1.807, 2.05) is 56.3 Å². The Balaban J connectivity index is 2.01. The summed E-state index contributed by atoms with van der Waals surface area (Å²) in [6, 6.07) is 7.92. The highest BCUT2D eigenvalue weighted by molar-refractivity contribution is 8.26. The molecule has 0 spiro atoms. The number of thioether (sulfide) groups is 1. The highest BCUT2D eigenvalue weighted by Crippen LogP contribution is 2.32. The van der Waals surface area contributed by atoms with Crippen molar-refractivity contribution < 1.29 is 14.3 Å². The number of rotatable bonds is 7. The molecule has 134 valence electrons. The van der Waals surface area contributed by atoms with Gasteiger partial charge in [-0.1, -0.05) is 43.0 Å². The van der Waals surface area contributed by atoms with Crippen molar-refractivity contribution in [3.05, 3.63) is 34.7 Å². The van der Waals surface area contributed by atoms with E-state index in [0.717, 1.165) is 17.7 Å². The van der Waals surface area contributed by atoms with Crippen molar-refractivity contribution in [3.63, 3.8) is 0 Å². The molecule has 0 bridgehead atoms. The molecule has 7 heteroatoms. The molecule has 0 saturated carbocycles. The second-order valence-corrected chi connectivity index (χ2v) is 7.47. The van der Waals surface area contributed by atoms with Crippen LogP contribution in [0.5, 0.6) is 0 Å². The lowest BCUT2D eigenvalue weighted by atomic mass is 10.2. The van der Waals surface area contributed by atoms with Crippen LogP contribution in [0.25, 0.3) is 6.08 Å². The fourth-order valence-electron chi connectivity index (χ4n) is 2.20. The van der Waals surface area contributed by atoms with Gasteiger partial charge in [0, 0.05) is 26.3 Å². The SMILES string of the molecule is CCCOC(=O)CCN1C(=O)/C(=C\c2ccc(N(C)C)cc2)SC1=S. The first-order valence-electron chi connectivity index (χ1n) is 8.10. The summed E-state index contributed by atoms with van der Waals surface area (Å²) in [5.41, 5.74) is 2.03. The summed E-state index contributed by atoms with van der Waals surface area (Å²) in [5.74, 6) is -0.464. The normalized spacial score (nSPS) is 15.8. The van der Waals surface area contributed by atoms with E-state index in [9.17, 15) is 9.59 Å². The Morgan fingerprint density at radius 3 is 2.60 bits per heavy atom. The Morgan fingerprint density at radius 1 is 1.32 bits per heavy atom. The highest BCUT2D eigenvalue weighted by atomic mass is 32.2. The number of esters is 1. The third-order valence-electron chi connectivity index (χ3n) is 3.59. The lowest BCUT2D eigenvalue weighted by molar-refractivity contribution is -0.143. The summed E-state index contributed by atoms with van der Waals surface area (Å²) < 4.78 is 5.51. The molecule has 2 rings (SSSR count). The largest absolute Gasteiger partial charge is 0.466 e. The summed E-state index contributed by atoms with van der Waals surface area (Å²) >= 11 is 6.54. The minimum atomic E-state index is -0.306. The van der Waals surface area contributed by atoms with Crippen LogP contribution in [0.15, 0.2) is 29.2 Å². The maximum Gasteiger partial charge on any atom is 0.307 e. The molecule has 5 nitrogen and oxygen atoms in total. The van der Waals surface area contributed by atoms with E-state index in [4.69, 9.17) is 17.0 Å². The summed E-state index contributed by atoms with van der Waals surface area (Å²) in [5, 5.41) is 0. The number of anilines is 1. The van der Waals surface area contributed by atoms with Crippen LogP contribution in [0.2, 0.25) is 0 Å². The molecule has 1 aromatic rings. The first-order valence-corrected chi connectivity index (χ1v) is 9.33. The zero-order valence-electron chi connectivity index (χ0n) is 14.7. The number of hydrogen-bond acceptors (Lipinski definition) is 6. The Kier molecular flexibility index (Phi) is 7.01. The number of nitrogens with zero attached hydrogens (tertiary/aromatic N) is 2. The zero-order chi connectivity index (χ0) is 18.4. The van der Waals surface area contributed by atoms with Crippen LogP contribution in [0.1, 0.15) is 25.3 Å². The fraction of sp³-hybridized carbons (Fsp3) is 0.389. The van der Waals surface area contributed by atoms with E-state index >= 15 is 0 Å². The van der Waals surface area contributed by atoms with Crippen LogP contribution in [-0.2, 0) is 14.3 Å². The van der Waals surface area contributed by atoms with Crippen molar-refractivity contribution in [1.29, 1.82) is 0 Å². The second-order valence-electron chi connectivity index (χ2n) is 5.79. The van der Waals surface area contributed by atoms with Crippen LogP contribution in [-0.4, -0.2) is 48.3 Å². The van der Waals surface area contributed by atoms with Gasteiger partial charge < -0.3 is 9.64 Å². The van der Waals surface area contributed by atoms with Gasteiger partial charge in [-0.05, 0) is 30.2 Å². The van der Waals surface area contributed by atoms with Gasteiger partial charge in [0.15, 0.2) is 0 Å². The number of benzene rings is 1. The van der Waals surface area contributed by atoms with Gasteiger partial charge in [0.25, 0.3) is 5.91 Å². The number of carbonyl (C=O) groups is 2. The van der Waals surface area contributed by atoms with Crippen molar-refractivity contribution in [3.8, 4) is 0 Å². The van der Waals surface area contributed by atoms with Crippen molar-refractivity contribution >= 4 is 51.9 Å². The van der Waals surface area contributed by atoms with Gasteiger partial charge in [-0.2, -0.15) is 0 Å². The van der Waals surface area contributed by atoms with E-state index in [-0.39, 0.29) is 24.8 Å². The molecule has 0 aromatic heterocycles. The van der Waals surface area contributed by atoms with Gasteiger partial charge in [-0.3, -0.25) is 14.5 Å². The van der Waals surface area contributed by atoms with Crippen LogP contribution in [0.3, 0.4) is 0 Å². The van der Waals surface area contributed by atoms with Crippen LogP contribution >= 0.6 is 24.0 Å². The topological polar surface area (TPSA) is 49.9 Å². The quantitative estimate of drug-likeness (QED) is 0.412. The van der Waals surface area contributed by atoms with E-state index in [2.05, 4.69) is 0 Å². The Morgan fingerprint density at radius 2 is 2.00 bits per heavy atom. The lowest BCUT2D eigenvalue weighted by Crippen LogP contribution is -2.30. The standard InChI is InChI=1S/C18H22N2O3S2/c1-4-11-23-16(21)9-10-20-17(22)15(25-18(20)24)12-13-5-7-14(8-6-13)19(2)3/h5-8,12H,4,9-11H2,1-3H3/b15-12+. The van der Waals surface area contributed by atoms with Crippen LogP contribution in [0, 0.1) is 0 Å². The summed E-state index contributed by atoms with van der Waals surface area (Å²) in [4.78, 5) is 28.2. The number of ether oxygens (including phenoxy) is 1. The molecule has 1 fully saturated rings. The number of amides is 1. The fourth-order valence-corrected chi connectivity index (χ4v) is 3.51. The van der Waals surface area contributed by atoms with Crippen molar-refractivity contribution in [2.24, 2.45) is 0 Å². The van der Waals surface area contributed by atoms with Crippen LogP contribution in [0.4, 0.5) is 5.69 Å². The van der Waals surface area contributed by atoms with Gasteiger partial charge in [0.1, 0.15) is 4.32 Å². The Bertz CT molecular complexity index is 684. The molecular weight excluding hydrogens is 356 g/mol.